The molecular weight excluding hydrogens is 214 g/mol. The highest BCUT2D eigenvalue weighted by molar-refractivity contribution is 5.93. The van der Waals surface area contributed by atoms with E-state index in [0.717, 1.165) is 17.7 Å². The summed E-state index contributed by atoms with van der Waals surface area (Å²) in [5.41, 5.74) is 7.87. The van der Waals surface area contributed by atoms with Crippen molar-refractivity contribution in [3.8, 4) is 0 Å². The van der Waals surface area contributed by atoms with Crippen LogP contribution >= 0.6 is 0 Å². The van der Waals surface area contributed by atoms with E-state index >= 15 is 0 Å². The van der Waals surface area contributed by atoms with Crippen molar-refractivity contribution in [2.45, 2.75) is 19.9 Å². The predicted molar refractivity (Wildman–Crippen MR) is 65.7 cm³/mol. The molecule has 0 aliphatic rings. The summed E-state index contributed by atoms with van der Waals surface area (Å²) in [7, 11) is 0. The topological polar surface area (TPSA) is 60.9 Å². The lowest BCUT2D eigenvalue weighted by molar-refractivity contribution is 0.0999. The average Bonchev–Trinajstić information content (AvgIpc) is 2.73. The van der Waals surface area contributed by atoms with Crippen LogP contribution in [0.4, 0.5) is 0 Å². The van der Waals surface area contributed by atoms with Crippen LogP contribution in [0.3, 0.4) is 0 Å². The van der Waals surface area contributed by atoms with Gasteiger partial charge >= 0.3 is 0 Å². The first-order valence-corrected chi connectivity index (χ1v) is 5.60. The molecule has 2 N–H and O–H groups in total. The molecule has 1 heterocycles. The Bertz CT molecular complexity index is 517. The normalized spacial score (nSPS) is 10.4. The first-order chi connectivity index (χ1) is 8.22. The van der Waals surface area contributed by atoms with E-state index in [9.17, 15) is 4.79 Å². The Hall–Kier alpha value is -2.10. The number of hydrogen-bond donors (Lipinski definition) is 1. The Morgan fingerprint density at radius 3 is 2.65 bits per heavy atom. The average molecular weight is 229 g/mol. The SMILES string of the molecule is CCc1c(C(N)=O)cnn1Cc1ccccc1. The number of nitrogens with two attached hydrogens (primary N) is 1. The van der Waals surface area contributed by atoms with Gasteiger partial charge in [-0.25, -0.2) is 0 Å². The van der Waals surface area contributed by atoms with Crippen molar-refractivity contribution in [2.75, 3.05) is 0 Å². The van der Waals surface area contributed by atoms with Gasteiger partial charge < -0.3 is 5.73 Å². The molecule has 1 aromatic heterocycles. The van der Waals surface area contributed by atoms with E-state index in [1.54, 1.807) is 6.20 Å². The van der Waals surface area contributed by atoms with Crippen LogP contribution < -0.4 is 5.73 Å². The standard InChI is InChI=1S/C13H15N3O/c1-2-12-11(13(14)17)8-15-16(12)9-10-6-4-3-5-7-10/h3-8H,2,9H2,1H3,(H2,14,17). The van der Waals surface area contributed by atoms with Crippen molar-refractivity contribution in [3.05, 3.63) is 53.3 Å². The largest absolute Gasteiger partial charge is 0.365 e. The molecule has 0 saturated carbocycles. The summed E-state index contributed by atoms with van der Waals surface area (Å²) in [6.07, 6.45) is 2.29. The second kappa shape index (κ2) is 4.82. The zero-order valence-corrected chi connectivity index (χ0v) is 9.76. The number of nitrogens with zero attached hydrogens (tertiary/aromatic N) is 2. The fourth-order valence-corrected chi connectivity index (χ4v) is 1.88. The second-order valence-electron chi connectivity index (χ2n) is 3.87. The van der Waals surface area contributed by atoms with E-state index in [-0.39, 0.29) is 0 Å². The van der Waals surface area contributed by atoms with Gasteiger partial charge in [0.2, 0.25) is 0 Å². The minimum atomic E-state index is -0.416. The fraction of sp³-hybridized carbons (Fsp3) is 0.231. The quantitative estimate of drug-likeness (QED) is 0.865. The summed E-state index contributed by atoms with van der Waals surface area (Å²) >= 11 is 0. The van der Waals surface area contributed by atoms with E-state index < -0.39 is 5.91 Å². The maximum atomic E-state index is 11.2. The monoisotopic (exact) mass is 229 g/mol. The molecule has 0 bridgehead atoms. The molecule has 88 valence electrons. The van der Waals surface area contributed by atoms with Gasteiger partial charge in [-0.2, -0.15) is 5.10 Å². The van der Waals surface area contributed by atoms with Crippen molar-refractivity contribution in [1.82, 2.24) is 9.78 Å². The number of benzene rings is 1. The van der Waals surface area contributed by atoms with Gasteiger partial charge in [0.1, 0.15) is 0 Å². The molecule has 4 heteroatoms. The molecule has 0 saturated heterocycles. The smallest absolute Gasteiger partial charge is 0.252 e. The van der Waals surface area contributed by atoms with E-state index in [1.807, 2.05) is 41.9 Å². The molecule has 2 rings (SSSR count). The lowest BCUT2D eigenvalue weighted by Crippen LogP contribution is -2.14. The van der Waals surface area contributed by atoms with Gasteiger partial charge in [0.25, 0.3) is 5.91 Å². The lowest BCUT2D eigenvalue weighted by Gasteiger charge is -2.06. The lowest BCUT2D eigenvalue weighted by atomic mass is 10.2. The van der Waals surface area contributed by atoms with Gasteiger partial charge in [-0.3, -0.25) is 9.48 Å². The minimum Gasteiger partial charge on any atom is -0.365 e. The van der Waals surface area contributed by atoms with Gasteiger partial charge in [0.15, 0.2) is 0 Å². The highest BCUT2D eigenvalue weighted by Crippen LogP contribution is 2.11. The van der Waals surface area contributed by atoms with Crippen molar-refractivity contribution in [1.29, 1.82) is 0 Å². The van der Waals surface area contributed by atoms with E-state index in [4.69, 9.17) is 5.73 Å². The third-order valence-corrected chi connectivity index (χ3v) is 2.72. The van der Waals surface area contributed by atoms with Crippen molar-refractivity contribution < 1.29 is 4.79 Å². The minimum absolute atomic E-state index is 0.416. The van der Waals surface area contributed by atoms with Crippen molar-refractivity contribution in [3.63, 3.8) is 0 Å². The third-order valence-electron chi connectivity index (χ3n) is 2.72. The first-order valence-electron chi connectivity index (χ1n) is 5.60. The van der Waals surface area contributed by atoms with Crippen LogP contribution in [0.1, 0.15) is 28.5 Å². The molecule has 0 unspecified atom stereocenters. The zero-order valence-electron chi connectivity index (χ0n) is 9.76. The number of primary amides is 1. The molecule has 0 aliphatic heterocycles. The molecule has 0 spiro atoms. The molecule has 0 aliphatic carbocycles. The molecule has 0 atom stereocenters. The summed E-state index contributed by atoms with van der Waals surface area (Å²) in [5.74, 6) is -0.416. The summed E-state index contributed by atoms with van der Waals surface area (Å²) in [5, 5.41) is 4.22. The van der Waals surface area contributed by atoms with E-state index in [1.165, 1.54) is 0 Å². The fourth-order valence-electron chi connectivity index (χ4n) is 1.88. The number of carbonyl (C=O) groups excluding carboxylic acids is 1. The number of hydrogen-bond acceptors (Lipinski definition) is 2. The molecule has 1 amide bonds. The van der Waals surface area contributed by atoms with Crippen LogP contribution in [0, 0.1) is 0 Å². The summed E-state index contributed by atoms with van der Waals surface area (Å²) in [6.45, 7) is 2.66. The van der Waals surface area contributed by atoms with Gasteiger partial charge in [-0.15, -0.1) is 0 Å². The molecule has 4 nitrogen and oxygen atoms in total. The van der Waals surface area contributed by atoms with Crippen LogP contribution in [0.25, 0.3) is 0 Å². The predicted octanol–water partition coefficient (Wildman–Crippen LogP) is 1.59. The van der Waals surface area contributed by atoms with Crippen LogP contribution in [-0.4, -0.2) is 15.7 Å². The molecule has 2 aromatic rings. The zero-order chi connectivity index (χ0) is 12.3. The van der Waals surface area contributed by atoms with Gasteiger partial charge in [-0.05, 0) is 12.0 Å². The van der Waals surface area contributed by atoms with E-state index in [2.05, 4.69) is 5.10 Å². The van der Waals surface area contributed by atoms with Gasteiger partial charge in [-0.1, -0.05) is 37.3 Å². The van der Waals surface area contributed by atoms with Crippen LogP contribution in [0.2, 0.25) is 0 Å². The number of aromatic nitrogens is 2. The molecular formula is C13H15N3O. The Morgan fingerprint density at radius 1 is 1.35 bits per heavy atom. The summed E-state index contributed by atoms with van der Waals surface area (Å²) < 4.78 is 1.83. The third kappa shape index (κ3) is 2.36. The number of amides is 1. The highest BCUT2D eigenvalue weighted by Gasteiger charge is 2.13. The van der Waals surface area contributed by atoms with Crippen LogP contribution in [-0.2, 0) is 13.0 Å². The van der Waals surface area contributed by atoms with Crippen LogP contribution in [0.15, 0.2) is 36.5 Å². The van der Waals surface area contributed by atoms with Crippen LogP contribution in [0.5, 0.6) is 0 Å². The molecule has 0 radical (unpaired) electrons. The molecule has 0 fully saturated rings. The Balaban J connectivity index is 2.31. The maximum absolute atomic E-state index is 11.2. The number of carbonyl (C=O) groups is 1. The van der Waals surface area contributed by atoms with Gasteiger partial charge in [0.05, 0.1) is 24.0 Å². The Morgan fingerprint density at radius 2 is 2.06 bits per heavy atom. The maximum Gasteiger partial charge on any atom is 0.252 e. The van der Waals surface area contributed by atoms with Crippen molar-refractivity contribution in [2.24, 2.45) is 5.73 Å². The highest BCUT2D eigenvalue weighted by atomic mass is 16.1. The second-order valence-corrected chi connectivity index (χ2v) is 3.87. The summed E-state index contributed by atoms with van der Waals surface area (Å²) in [6, 6.07) is 10.0. The first kappa shape index (κ1) is 11.4. The Kier molecular flexibility index (Phi) is 3.23. The summed E-state index contributed by atoms with van der Waals surface area (Å²) in [4.78, 5) is 11.2. The number of rotatable bonds is 4. The Labute approximate surface area is 100 Å². The van der Waals surface area contributed by atoms with Crippen molar-refractivity contribution >= 4 is 5.91 Å². The van der Waals surface area contributed by atoms with Gasteiger partial charge in [0, 0.05) is 0 Å². The van der Waals surface area contributed by atoms with E-state index in [0.29, 0.717) is 12.1 Å². The molecule has 1 aromatic carbocycles. The molecule has 17 heavy (non-hydrogen) atoms.